The first-order chi connectivity index (χ1) is 6.47. The Morgan fingerprint density at radius 1 is 1.21 bits per heavy atom. The molecule has 2 heterocycles. The number of nitrogens with one attached hydrogen (secondary N) is 1. The number of pyridine rings is 1. The van der Waals surface area contributed by atoms with Gasteiger partial charge in [0, 0.05) is 17.3 Å². The minimum absolute atomic E-state index is 0.161. The van der Waals surface area contributed by atoms with E-state index in [-0.39, 0.29) is 5.41 Å². The molecule has 0 bridgehead atoms. The Balaban J connectivity index is 2.63. The van der Waals surface area contributed by atoms with Crippen LogP contribution in [0.2, 0.25) is 0 Å². The van der Waals surface area contributed by atoms with Crippen LogP contribution in [0.5, 0.6) is 0 Å². The van der Waals surface area contributed by atoms with Crippen LogP contribution < -0.4 is 0 Å². The summed E-state index contributed by atoms with van der Waals surface area (Å²) in [7, 11) is 0. The van der Waals surface area contributed by atoms with Crippen LogP contribution in [0.3, 0.4) is 0 Å². The number of fused-ring (bicyclic) bond motifs is 1. The van der Waals surface area contributed by atoms with Crippen molar-refractivity contribution in [1.29, 1.82) is 0 Å². The standard InChI is InChI=1S/C12H16N2/c1-8-5-10-9(13-7-8)6-11(14-10)12(2,3)4/h5-7,14H,1-4H3. The Labute approximate surface area is 84.4 Å². The van der Waals surface area contributed by atoms with E-state index in [4.69, 9.17) is 0 Å². The third kappa shape index (κ3) is 1.52. The third-order valence-electron chi connectivity index (χ3n) is 2.41. The van der Waals surface area contributed by atoms with Crippen molar-refractivity contribution in [3.05, 3.63) is 29.6 Å². The lowest BCUT2D eigenvalue weighted by atomic mass is 9.93. The summed E-state index contributed by atoms with van der Waals surface area (Å²) in [5.41, 5.74) is 4.79. The highest BCUT2D eigenvalue weighted by Gasteiger charge is 2.16. The van der Waals surface area contributed by atoms with Crippen LogP contribution in [-0.4, -0.2) is 9.97 Å². The molecule has 0 unspecified atom stereocenters. The molecule has 1 N–H and O–H groups in total. The largest absolute Gasteiger partial charge is 0.357 e. The maximum atomic E-state index is 4.38. The Kier molecular flexibility index (Phi) is 1.88. The SMILES string of the molecule is Cc1cnc2cc(C(C)(C)C)[nH]c2c1. The summed E-state index contributed by atoms with van der Waals surface area (Å²) in [4.78, 5) is 7.80. The third-order valence-corrected chi connectivity index (χ3v) is 2.41. The molecule has 0 radical (unpaired) electrons. The van der Waals surface area contributed by atoms with Crippen molar-refractivity contribution in [1.82, 2.24) is 9.97 Å². The zero-order valence-corrected chi connectivity index (χ0v) is 9.18. The van der Waals surface area contributed by atoms with Gasteiger partial charge in [0.2, 0.25) is 0 Å². The second-order valence-electron chi connectivity index (χ2n) is 4.88. The molecule has 0 aliphatic heterocycles. The molecular formula is C12H16N2. The fourth-order valence-electron chi connectivity index (χ4n) is 1.52. The molecule has 2 heteroatoms. The Morgan fingerprint density at radius 3 is 2.57 bits per heavy atom. The van der Waals surface area contributed by atoms with Crippen LogP contribution in [0.15, 0.2) is 18.3 Å². The average Bonchev–Trinajstić information content (AvgIpc) is 2.45. The second kappa shape index (κ2) is 2.84. The molecule has 0 atom stereocenters. The minimum Gasteiger partial charge on any atom is -0.357 e. The summed E-state index contributed by atoms with van der Waals surface area (Å²) in [5.74, 6) is 0. The number of nitrogens with zero attached hydrogens (tertiary/aromatic N) is 1. The summed E-state index contributed by atoms with van der Waals surface area (Å²) in [6.45, 7) is 8.66. The maximum absolute atomic E-state index is 4.38. The molecule has 0 aliphatic carbocycles. The normalized spacial score (nSPS) is 12.3. The van der Waals surface area contributed by atoms with E-state index in [1.54, 1.807) is 0 Å². The summed E-state index contributed by atoms with van der Waals surface area (Å²) < 4.78 is 0. The van der Waals surface area contributed by atoms with Gasteiger partial charge in [0.25, 0.3) is 0 Å². The van der Waals surface area contributed by atoms with E-state index in [0.717, 1.165) is 11.0 Å². The van der Waals surface area contributed by atoms with Crippen molar-refractivity contribution in [3.8, 4) is 0 Å². The van der Waals surface area contributed by atoms with Crippen molar-refractivity contribution in [2.45, 2.75) is 33.1 Å². The molecule has 2 nitrogen and oxygen atoms in total. The number of aromatic nitrogens is 2. The molecule has 0 saturated heterocycles. The van der Waals surface area contributed by atoms with Gasteiger partial charge in [-0.05, 0) is 24.6 Å². The van der Waals surface area contributed by atoms with Crippen LogP contribution in [0.1, 0.15) is 32.0 Å². The maximum Gasteiger partial charge on any atom is 0.0882 e. The number of aryl methyl sites for hydroxylation is 1. The van der Waals surface area contributed by atoms with Crippen molar-refractivity contribution in [3.63, 3.8) is 0 Å². The van der Waals surface area contributed by atoms with Crippen molar-refractivity contribution in [2.75, 3.05) is 0 Å². The number of H-pyrrole nitrogens is 1. The first-order valence-electron chi connectivity index (χ1n) is 4.93. The second-order valence-corrected chi connectivity index (χ2v) is 4.88. The highest BCUT2D eigenvalue weighted by molar-refractivity contribution is 5.76. The smallest absolute Gasteiger partial charge is 0.0882 e. The molecule has 74 valence electrons. The summed E-state index contributed by atoms with van der Waals surface area (Å²) in [6.07, 6.45) is 1.91. The average molecular weight is 188 g/mol. The van der Waals surface area contributed by atoms with Crippen LogP contribution >= 0.6 is 0 Å². The lowest BCUT2D eigenvalue weighted by Crippen LogP contribution is -2.10. The van der Waals surface area contributed by atoms with Gasteiger partial charge >= 0.3 is 0 Å². The molecule has 0 aromatic carbocycles. The Hall–Kier alpha value is -1.31. The lowest BCUT2D eigenvalue weighted by Gasteiger charge is -2.15. The van der Waals surface area contributed by atoms with Crippen LogP contribution in [0.4, 0.5) is 0 Å². The fourth-order valence-corrected chi connectivity index (χ4v) is 1.52. The van der Waals surface area contributed by atoms with E-state index < -0.39 is 0 Å². The Morgan fingerprint density at radius 2 is 1.93 bits per heavy atom. The van der Waals surface area contributed by atoms with Gasteiger partial charge in [-0.1, -0.05) is 20.8 Å². The predicted molar refractivity (Wildman–Crippen MR) is 59.5 cm³/mol. The van der Waals surface area contributed by atoms with Crippen LogP contribution in [0.25, 0.3) is 11.0 Å². The number of aromatic amines is 1. The summed E-state index contributed by atoms with van der Waals surface area (Å²) >= 11 is 0. The molecule has 2 rings (SSSR count). The quantitative estimate of drug-likeness (QED) is 0.676. The van der Waals surface area contributed by atoms with Crippen molar-refractivity contribution >= 4 is 11.0 Å². The topological polar surface area (TPSA) is 28.7 Å². The van der Waals surface area contributed by atoms with Gasteiger partial charge in [-0.2, -0.15) is 0 Å². The van der Waals surface area contributed by atoms with Crippen molar-refractivity contribution < 1.29 is 0 Å². The number of rotatable bonds is 0. The highest BCUT2D eigenvalue weighted by Crippen LogP contribution is 2.24. The van der Waals surface area contributed by atoms with E-state index >= 15 is 0 Å². The molecule has 0 saturated carbocycles. The van der Waals surface area contributed by atoms with Crippen LogP contribution in [-0.2, 0) is 5.41 Å². The van der Waals surface area contributed by atoms with Gasteiger partial charge in [0.15, 0.2) is 0 Å². The van der Waals surface area contributed by atoms with E-state index in [2.05, 4.69) is 49.8 Å². The highest BCUT2D eigenvalue weighted by atomic mass is 14.8. The molecule has 0 fully saturated rings. The first-order valence-corrected chi connectivity index (χ1v) is 4.93. The lowest BCUT2D eigenvalue weighted by molar-refractivity contribution is 0.574. The van der Waals surface area contributed by atoms with Gasteiger partial charge in [-0.3, -0.25) is 4.98 Å². The van der Waals surface area contributed by atoms with E-state index in [1.807, 2.05) is 6.20 Å². The van der Waals surface area contributed by atoms with Gasteiger partial charge in [0.05, 0.1) is 11.0 Å². The molecule has 0 aliphatic rings. The van der Waals surface area contributed by atoms with Gasteiger partial charge < -0.3 is 4.98 Å². The fraction of sp³-hybridized carbons (Fsp3) is 0.417. The first kappa shape index (κ1) is 9.25. The molecule has 2 aromatic heterocycles. The van der Waals surface area contributed by atoms with E-state index in [0.29, 0.717) is 0 Å². The molecule has 0 amide bonds. The molecule has 14 heavy (non-hydrogen) atoms. The number of hydrogen-bond donors (Lipinski definition) is 1. The monoisotopic (exact) mass is 188 g/mol. The zero-order valence-electron chi connectivity index (χ0n) is 9.18. The number of hydrogen-bond acceptors (Lipinski definition) is 1. The Bertz CT molecular complexity index is 461. The van der Waals surface area contributed by atoms with Gasteiger partial charge in [-0.15, -0.1) is 0 Å². The van der Waals surface area contributed by atoms with Crippen LogP contribution in [0, 0.1) is 6.92 Å². The molecule has 2 aromatic rings. The molecule has 0 spiro atoms. The van der Waals surface area contributed by atoms with Crippen molar-refractivity contribution in [2.24, 2.45) is 0 Å². The minimum atomic E-state index is 0.161. The summed E-state index contributed by atoms with van der Waals surface area (Å²) in [6, 6.07) is 4.27. The van der Waals surface area contributed by atoms with E-state index in [9.17, 15) is 0 Å². The summed E-state index contributed by atoms with van der Waals surface area (Å²) in [5, 5.41) is 0. The van der Waals surface area contributed by atoms with E-state index in [1.165, 1.54) is 11.3 Å². The molecular weight excluding hydrogens is 172 g/mol. The van der Waals surface area contributed by atoms with Gasteiger partial charge in [-0.25, -0.2) is 0 Å². The zero-order chi connectivity index (χ0) is 10.3. The predicted octanol–water partition coefficient (Wildman–Crippen LogP) is 3.17. The van der Waals surface area contributed by atoms with Gasteiger partial charge in [0.1, 0.15) is 0 Å².